The molecule has 0 saturated heterocycles. The van der Waals surface area contributed by atoms with E-state index in [4.69, 9.17) is 36.1 Å². The van der Waals surface area contributed by atoms with E-state index in [1.807, 2.05) is 91.0 Å². The molecule has 9 nitrogen and oxygen atoms in total. The van der Waals surface area contributed by atoms with Crippen molar-refractivity contribution in [2.24, 2.45) is 17.2 Å². The second-order valence-electron chi connectivity index (χ2n) is 12.4. The van der Waals surface area contributed by atoms with Crippen LogP contribution in [0.4, 0.5) is 5.69 Å². The molecular weight excluding hydrogens is 640 g/mol. The quantitative estimate of drug-likeness (QED) is 0.0606. The van der Waals surface area contributed by atoms with E-state index in [9.17, 15) is 4.79 Å². The molecule has 268 valence electrons. The number of anilines is 1. The van der Waals surface area contributed by atoms with Gasteiger partial charge in [-0.15, -0.1) is 0 Å². The Labute approximate surface area is 301 Å². The maximum atomic E-state index is 13.7. The Hall–Kier alpha value is -5.09. The summed E-state index contributed by atoms with van der Waals surface area (Å²) in [5.41, 5.74) is 21.9. The zero-order valence-corrected chi connectivity index (χ0v) is 29.5. The van der Waals surface area contributed by atoms with Crippen LogP contribution in [0.5, 0.6) is 23.0 Å². The number of fused-ring (bicyclic) bond motifs is 1. The molecule has 0 heterocycles. The predicted octanol–water partition coefficient (Wildman–Crippen LogP) is 7.79. The maximum absolute atomic E-state index is 13.7. The highest BCUT2D eigenvalue weighted by Gasteiger charge is 2.14. The van der Waals surface area contributed by atoms with Gasteiger partial charge in [-0.05, 0) is 133 Å². The average Bonchev–Trinajstić information content (AvgIpc) is 3.15. The first-order chi connectivity index (χ1) is 25.0. The van der Waals surface area contributed by atoms with Gasteiger partial charge in [-0.3, -0.25) is 4.79 Å². The van der Waals surface area contributed by atoms with Crippen LogP contribution in [-0.2, 0) is 0 Å². The van der Waals surface area contributed by atoms with Crippen LogP contribution in [0.2, 0.25) is 0 Å². The number of benzene rings is 5. The molecule has 0 aliphatic carbocycles. The number of hydrogen-bond acceptors (Lipinski definition) is 8. The second kappa shape index (κ2) is 19.3. The van der Waals surface area contributed by atoms with Crippen molar-refractivity contribution < 1.29 is 23.7 Å². The average molecular weight is 691 g/mol. The van der Waals surface area contributed by atoms with Gasteiger partial charge in [0.2, 0.25) is 0 Å². The Kier molecular flexibility index (Phi) is 14.1. The molecule has 0 spiro atoms. The molecule has 51 heavy (non-hydrogen) atoms. The lowest BCUT2D eigenvalue weighted by atomic mass is 9.97. The van der Waals surface area contributed by atoms with Gasteiger partial charge in [-0.2, -0.15) is 0 Å². The van der Waals surface area contributed by atoms with Gasteiger partial charge in [0, 0.05) is 23.4 Å². The third-order valence-corrected chi connectivity index (χ3v) is 8.25. The van der Waals surface area contributed by atoms with E-state index in [0.717, 1.165) is 65.1 Å². The van der Waals surface area contributed by atoms with Gasteiger partial charge in [-0.1, -0.05) is 43.7 Å². The molecule has 0 unspecified atom stereocenters. The van der Waals surface area contributed by atoms with Crippen LogP contribution >= 0.6 is 0 Å². The summed E-state index contributed by atoms with van der Waals surface area (Å²) < 4.78 is 24.4. The number of ether oxygens (including phenoxy) is 4. The second-order valence-corrected chi connectivity index (χ2v) is 12.4. The molecule has 0 aliphatic heterocycles. The normalized spacial score (nSPS) is 11.0. The van der Waals surface area contributed by atoms with Gasteiger partial charge in [-0.25, -0.2) is 0 Å². The van der Waals surface area contributed by atoms with E-state index in [1.54, 1.807) is 0 Å². The van der Waals surface area contributed by atoms with Crippen LogP contribution in [0.3, 0.4) is 0 Å². The molecule has 0 bridgehead atoms. The summed E-state index contributed by atoms with van der Waals surface area (Å²) >= 11 is 0. The summed E-state index contributed by atoms with van der Waals surface area (Å²) in [5.74, 6) is 2.51. The van der Waals surface area contributed by atoms with Gasteiger partial charge in [0.25, 0.3) is 5.91 Å². The molecule has 0 aromatic heterocycles. The van der Waals surface area contributed by atoms with Crippen LogP contribution < -0.4 is 41.5 Å². The van der Waals surface area contributed by atoms with Crippen molar-refractivity contribution >= 4 is 22.4 Å². The minimum atomic E-state index is -0.212. The fraction of sp³-hybridized carbons (Fsp3) is 0.310. The summed E-state index contributed by atoms with van der Waals surface area (Å²) in [5, 5.41) is 5.23. The van der Waals surface area contributed by atoms with Crippen LogP contribution in [0.1, 0.15) is 49.4 Å². The fourth-order valence-corrected chi connectivity index (χ4v) is 5.53. The molecule has 0 fully saturated rings. The summed E-state index contributed by atoms with van der Waals surface area (Å²) in [7, 11) is 0. The molecular formula is C42H50N4O5. The summed E-state index contributed by atoms with van der Waals surface area (Å²) in [4.78, 5) is 13.7. The Morgan fingerprint density at radius 2 is 0.980 bits per heavy atom. The molecule has 1 amide bonds. The monoisotopic (exact) mass is 690 g/mol. The lowest BCUT2D eigenvalue weighted by Crippen LogP contribution is -2.12. The van der Waals surface area contributed by atoms with Crippen LogP contribution in [0.25, 0.3) is 33.0 Å². The van der Waals surface area contributed by atoms with E-state index in [-0.39, 0.29) is 5.91 Å². The molecule has 0 atom stereocenters. The van der Waals surface area contributed by atoms with E-state index in [0.29, 0.717) is 80.3 Å². The number of nitrogens with one attached hydrogen (secondary N) is 1. The smallest absolute Gasteiger partial charge is 0.255 e. The molecule has 5 aromatic carbocycles. The number of rotatable bonds is 20. The van der Waals surface area contributed by atoms with Gasteiger partial charge in [0.1, 0.15) is 23.0 Å². The summed E-state index contributed by atoms with van der Waals surface area (Å²) in [6.07, 6.45) is 4.14. The van der Waals surface area contributed by atoms with Crippen LogP contribution in [0.15, 0.2) is 97.1 Å². The molecule has 7 N–H and O–H groups in total. The standard InChI is InChI=1S/C42H50N4O5/c1-2-3-16-48-38-24-35(25-39(28-38)49-17-6-13-43)33-21-34(36-26-40(50-18-7-14-44)29-41(27-36)51-19-8-15-45)23-37(22-33)46-42(47)32-12-11-30-9-4-5-10-31(30)20-32/h4-5,9-12,20-29H,2-3,6-8,13-19,43-45H2,1H3,(H,46,47). The van der Waals surface area contributed by atoms with Crippen LogP contribution in [-0.4, -0.2) is 52.0 Å². The Balaban J connectivity index is 1.59. The molecule has 5 aromatic rings. The Bertz CT molecular complexity index is 1740. The number of carbonyl (C=O) groups is 1. The first-order valence-electron chi connectivity index (χ1n) is 17.9. The molecule has 0 aliphatic rings. The van der Waals surface area contributed by atoms with Crippen molar-refractivity contribution in [3.63, 3.8) is 0 Å². The van der Waals surface area contributed by atoms with Crippen molar-refractivity contribution in [3.05, 3.63) is 103 Å². The number of amides is 1. The van der Waals surface area contributed by atoms with E-state index in [1.165, 1.54) is 0 Å². The number of unbranched alkanes of at least 4 members (excludes halogenated alkanes) is 1. The number of nitrogens with two attached hydrogens (primary N) is 3. The highest BCUT2D eigenvalue weighted by atomic mass is 16.5. The van der Waals surface area contributed by atoms with Gasteiger partial charge in [0.15, 0.2) is 0 Å². The molecule has 0 saturated carbocycles. The molecule has 5 rings (SSSR count). The maximum Gasteiger partial charge on any atom is 0.255 e. The van der Waals surface area contributed by atoms with Gasteiger partial charge >= 0.3 is 0 Å². The van der Waals surface area contributed by atoms with E-state index < -0.39 is 0 Å². The zero-order valence-electron chi connectivity index (χ0n) is 29.5. The minimum absolute atomic E-state index is 0.212. The summed E-state index contributed by atoms with van der Waals surface area (Å²) in [6, 6.07) is 31.5. The first-order valence-corrected chi connectivity index (χ1v) is 17.9. The van der Waals surface area contributed by atoms with Crippen molar-refractivity contribution in [2.75, 3.05) is 51.4 Å². The van der Waals surface area contributed by atoms with Gasteiger partial charge in [0.05, 0.1) is 26.4 Å². The Morgan fingerprint density at radius 3 is 1.45 bits per heavy atom. The zero-order chi connectivity index (χ0) is 35.8. The minimum Gasteiger partial charge on any atom is -0.493 e. The summed E-state index contributed by atoms with van der Waals surface area (Å²) in [6.45, 7) is 5.77. The third kappa shape index (κ3) is 10.9. The lowest BCUT2D eigenvalue weighted by Gasteiger charge is -2.16. The van der Waals surface area contributed by atoms with Crippen molar-refractivity contribution in [1.29, 1.82) is 0 Å². The lowest BCUT2D eigenvalue weighted by molar-refractivity contribution is 0.102. The van der Waals surface area contributed by atoms with E-state index in [2.05, 4.69) is 18.3 Å². The van der Waals surface area contributed by atoms with Crippen LogP contribution in [0, 0.1) is 0 Å². The number of carbonyl (C=O) groups excluding carboxylic acids is 1. The van der Waals surface area contributed by atoms with E-state index >= 15 is 0 Å². The highest BCUT2D eigenvalue weighted by molar-refractivity contribution is 6.07. The first kappa shape index (κ1) is 37.2. The molecule has 9 heteroatoms. The fourth-order valence-electron chi connectivity index (χ4n) is 5.53. The SMILES string of the molecule is CCCCOc1cc(OCCCN)cc(-c2cc(NC(=O)c3ccc4ccccc4c3)cc(-c3cc(OCCCN)cc(OCCCN)c3)c2)c1. The molecule has 0 radical (unpaired) electrons. The van der Waals surface area contributed by atoms with Crippen molar-refractivity contribution in [1.82, 2.24) is 0 Å². The van der Waals surface area contributed by atoms with Crippen molar-refractivity contribution in [2.45, 2.75) is 39.0 Å². The van der Waals surface area contributed by atoms with Gasteiger partial charge < -0.3 is 41.5 Å². The van der Waals surface area contributed by atoms with Crippen molar-refractivity contribution in [3.8, 4) is 45.3 Å². The largest absolute Gasteiger partial charge is 0.493 e. The highest BCUT2D eigenvalue weighted by Crippen LogP contribution is 2.37. The predicted molar refractivity (Wildman–Crippen MR) is 207 cm³/mol. The topological polar surface area (TPSA) is 144 Å². The Morgan fingerprint density at radius 1 is 0.529 bits per heavy atom. The number of hydrogen-bond donors (Lipinski definition) is 4. The third-order valence-electron chi connectivity index (χ3n) is 8.25.